The van der Waals surface area contributed by atoms with Crippen molar-refractivity contribution in [2.75, 3.05) is 25.0 Å². The molecule has 3 rings (SSSR count). The van der Waals surface area contributed by atoms with Crippen molar-refractivity contribution in [1.82, 2.24) is 10.2 Å². The largest absolute Gasteiger partial charge is 0.336 e. The molecule has 0 radical (unpaired) electrons. The highest BCUT2D eigenvalue weighted by Crippen LogP contribution is 2.24. The number of nitrogens with zero attached hydrogens (tertiary/aromatic N) is 1. The first-order chi connectivity index (χ1) is 11.7. The number of nitrogens with one attached hydrogen (secondary N) is 2. The number of carbonyl (C=O) groups is 1. The van der Waals surface area contributed by atoms with Gasteiger partial charge in [-0.2, -0.15) is 0 Å². The van der Waals surface area contributed by atoms with Gasteiger partial charge in [-0.1, -0.05) is 42.5 Å². The number of likely N-dealkylation sites (tertiary alicyclic amines) is 1. The minimum Gasteiger partial charge on any atom is -0.336 e. The van der Waals surface area contributed by atoms with Crippen LogP contribution in [-0.4, -0.2) is 30.6 Å². The Balaban J connectivity index is 1.61. The number of rotatable bonds is 5. The van der Waals surface area contributed by atoms with Gasteiger partial charge in [-0.3, -0.25) is 4.90 Å². The molecule has 126 valence electrons. The fraction of sp³-hybridized carbons (Fsp3) is 0.350. The molecule has 0 aliphatic carbocycles. The number of carbonyl (C=O) groups excluding carboxylic acids is 1. The van der Waals surface area contributed by atoms with Crippen molar-refractivity contribution < 1.29 is 4.79 Å². The Kier molecular flexibility index (Phi) is 5.49. The molecule has 1 unspecified atom stereocenters. The van der Waals surface area contributed by atoms with Crippen LogP contribution >= 0.6 is 0 Å². The summed E-state index contributed by atoms with van der Waals surface area (Å²) in [5, 5.41) is 5.95. The van der Waals surface area contributed by atoms with E-state index in [1.807, 2.05) is 37.3 Å². The van der Waals surface area contributed by atoms with Crippen LogP contribution in [0.4, 0.5) is 10.5 Å². The van der Waals surface area contributed by atoms with Gasteiger partial charge in [0.2, 0.25) is 0 Å². The van der Waals surface area contributed by atoms with Crippen LogP contribution in [0.25, 0.3) is 0 Å². The first-order valence-corrected chi connectivity index (χ1v) is 8.63. The van der Waals surface area contributed by atoms with E-state index in [0.29, 0.717) is 6.54 Å². The van der Waals surface area contributed by atoms with Crippen molar-refractivity contribution in [2.45, 2.75) is 25.8 Å². The maximum Gasteiger partial charge on any atom is 0.319 e. The van der Waals surface area contributed by atoms with Crippen LogP contribution in [0.1, 0.15) is 30.0 Å². The Morgan fingerprint density at radius 2 is 1.83 bits per heavy atom. The predicted molar refractivity (Wildman–Crippen MR) is 98.2 cm³/mol. The van der Waals surface area contributed by atoms with Crippen molar-refractivity contribution in [3.8, 4) is 0 Å². The van der Waals surface area contributed by atoms with Gasteiger partial charge in [-0.05, 0) is 56.1 Å². The van der Waals surface area contributed by atoms with Crippen LogP contribution in [0.5, 0.6) is 0 Å². The van der Waals surface area contributed by atoms with Crippen LogP contribution in [0.3, 0.4) is 0 Å². The monoisotopic (exact) mass is 323 g/mol. The molecule has 0 spiro atoms. The van der Waals surface area contributed by atoms with E-state index in [-0.39, 0.29) is 12.1 Å². The molecule has 0 saturated carbocycles. The summed E-state index contributed by atoms with van der Waals surface area (Å²) < 4.78 is 0. The van der Waals surface area contributed by atoms with E-state index in [2.05, 4.69) is 39.8 Å². The second kappa shape index (κ2) is 7.97. The summed E-state index contributed by atoms with van der Waals surface area (Å²) in [4.78, 5) is 14.7. The van der Waals surface area contributed by atoms with Gasteiger partial charge >= 0.3 is 6.03 Å². The number of aryl methyl sites for hydroxylation is 1. The molecule has 2 amide bonds. The maximum absolute atomic E-state index is 12.2. The van der Waals surface area contributed by atoms with Crippen LogP contribution in [0.2, 0.25) is 0 Å². The van der Waals surface area contributed by atoms with Gasteiger partial charge in [0.15, 0.2) is 0 Å². The number of anilines is 1. The third-order valence-electron chi connectivity index (χ3n) is 4.50. The molecular formula is C20H25N3O. The summed E-state index contributed by atoms with van der Waals surface area (Å²) in [5.41, 5.74) is 3.22. The van der Waals surface area contributed by atoms with E-state index in [1.54, 1.807) is 0 Å². The topological polar surface area (TPSA) is 44.4 Å². The molecule has 2 aromatic carbocycles. The van der Waals surface area contributed by atoms with Gasteiger partial charge < -0.3 is 10.6 Å². The van der Waals surface area contributed by atoms with E-state index < -0.39 is 0 Å². The van der Waals surface area contributed by atoms with E-state index in [9.17, 15) is 4.79 Å². The summed E-state index contributed by atoms with van der Waals surface area (Å²) in [6.07, 6.45) is 2.47. The van der Waals surface area contributed by atoms with E-state index in [4.69, 9.17) is 0 Å². The Morgan fingerprint density at radius 1 is 1.08 bits per heavy atom. The number of amides is 2. The van der Waals surface area contributed by atoms with Crippen molar-refractivity contribution in [1.29, 1.82) is 0 Å². The summed E-state index contributed by atoms with van der Waals surface area (Å²) in [5.74, 6) is 0. The number of hydrogen-bond acceptors (Lipinski definition) is 2. The molecule has 0 aromatic heterocycles. The Hall–Kier alpha value is -2.33. The molecule has 1 fully saturated rings. The summed E-state index contributed by atoms with van der Waals surface area (Å²) >= 11 is 0. The third kappa shape index (κ3) is 4.36. The third-order valence-corrected chi connectivity index (χ3v) is 4.50. The van der Waals surface area contributed by atoms with Gasteiger partial charge in [0, 0.05) is 12.2 Å². The number of benzene rings is 2. The van der Waals surface area contributed by atoms with E-state index >= 15 is 0 Å². The van der Waals surface area contributed by atoms with Crippen molar-refractivity contribution in [3.63, 3.8) is 0 Å². The lowest BCUT2D eigenvalue weighted by Gasteiger charge is -2.28. The smallest absolute Gasteiger partial charge is 0.319 e. The highest BCUT2D eigenvalue weighted by atomic mass is 16.2. The van der Waals surface area contributed by atoms with Crippen LogP contribution in [0.15, 0.2) is 54.6 Å². The minimum absolute atomic E-state index is 0.152. The maximum atomic E-state index is 12.2. The van der Waals surface area contributed by atoms with Crippen molar-refractivity contribution >= 4 is 11.7 Å². The highest BCUT2D eigenvalue weighted by molar-refractivity contribution is 5.89. The van der Waals surface area contributed by atoms with Gasteiger partial charge in [0.1, 0.15) is 0 Å². The van der Waals surface area contributed by atoms with Crippen molar-refractivity contribution in [3.05, 3.63) is 65.7 Å². The first-order valence-electron chi connectivity index (χ1n) is 8.63. The predicted octanol–water partition coefficient (Wildman–Crippen LogP) is 3.95. The van der Waals surface area contributed by atoms with Crippen LogP contribution in [0, 0.1) is 6.92 Å². The minimum atomic E-state index is -0.152. The Labute approximate surface area is 143 Å². The molecule has 1 heterocycles. The summed E-state index contributed by atoms with van der Waals surface area (Å²) in [6.45, 7) is 4.82. The van der Waals surface area contributed by atoms with Gasteiger partial charge in [-0.15, -0.1) is 0 Å². The second-order valence-corrected chi connectivity index (χ2v) is 6.37. The molecule has 4 nitrogen and oxygen atoms in total. The molecular weight excluding hydrogens is 298 g/mol. The lowest BCUT2D eigenvalue weighted by Crippen LogP contribution is -2.38. The zero-order valence-corrected chi connectivity index (χ0v) is 14.2. The first kappa shape index (κ1) is 16.5. The molecule has 24 heavy (non-hydrogen) atoms. The average molecular weight is 323 g/mol. The van der Waals surface area contributed by atoms with E-state index in [1.165, 1.54) is 18.4 Å². The molecule has 1 aliphatic heterocycles. The van der Waals surface area contributed by atoms with Gasteiger partial charge in [-0.25, -0.2) is 4.79 Å². The number of urea groups is 1. The zero-order chi connectivity index (χ0) is 16.8. The Morgan fingerprint density at radius 3 is 2.54 bits per heavy atom. The molecule has 2 N–H and O–H groups in total. The number of hydrogen-bond donors (Lipinski definition) is 2. The van der Waals surface area contributed by atoms with Crippen LogP contribution < -0.4 is 10.6 Å². The fourth-order valence-corrected chi connectivity index (χ4v) is 3.27. The summed E-state index contributed by atoms with van der Waals surface area (Å²) in [6, 6.07) is 18.4. The van der Waals surface area contributed by atoms with Crippen LogP contribution in [-0.2, 0) is 0 Å². The molecule has 2 aromatic rings. The average Bonchev–Trinajstić information content (AvgIpc) is 3.10. The normalized spacial score (nSPS) is 15.9. The SMILES string of the molecule is Cc1cccc(NC(=O)NCC(c2ccccc2)N2CCCC2)c1. The molecule has 4 heteroatoms. The zero-order valence-electron chi connectivity index (χ0n) is 14.2. The quantitative estimate of drug-likeness (QED) is 0.875. The fourth-order valence-electron chi connectivity index (χ4n) is 3.27. The molecule has 1 atom stereocenters. The second-order valence-electron chi connectivity index (χ2n) is 6.37. The molecule has 1 aliphatic rings. The lowest BCUT2D eigenvalue weighted by atomic mass is 10.1. The van der Waals surface area contributed by atoms with E-state index in [0.717, 1.165) is 24.3 Å². The lowest BCUT2D eigenvalue weighted by molar-refractivity contribution is 0.227. The molecule has 0 bridgehead atoms. The van der Waals surface area contributed by atoms with Gasteiger partial charge in [0.25, 0.3) is 0 Å². The molecule has 1 saturated heterocycles. The van der Waals surface area contributed by atoms with Gasteiger partial charge in [0.05, 0.1) is 6.04 Å². The summed E-state index contributed by atoms with van der Waals surface area (Å²) in [7, 11) is 0. The van der Waals surface area contributed by atoms with Crippen molar-refractivity contribution in [2.24, 2.45) is 0 Å². The standard InChI is InChI=1S/C20H25N3O/c1-16-8-7-11-18(14-16)22-20(24)21-15-19(23-12-5-6-13-23)17-9-3-2-4-10-17/h2-4,7-11,14,19H,5-6,12-13,15H2,1H3,(H2,21,22,24). The Bertz CT molecular complexity index is 666. The highest BCUT2D eigenvalue weighted by Gasteiger charge is 2.23.